The topological polar surface area (TPSA) is 62.2 Å². The SMILES string of the molecule is Cc1cc(N2C(=S)N[C@@H](c3ccccn3)[C@H]2c2cccn2-c2cccc(Cl)c2)ccc1NC(=O)C(C)C. The minimum absolute atomic E-state index is 0.0124. The summed E-state index contributed by atoms with van der Waals surface area (Å²) in [6.07, 6.45) is 3.83. The van der Waals surface area contributed by atoms with Crippen LogP contribution < -0.4 is 15.5 Å². The summed E-state index contributed by atoms with van der Waals surface area (Å²) in [6, 6.07) is 23.5. The molecule has 0 aliphatic carbocycles. The number of carbonyl (C=O) groups excluding carboxylic acids is 1. The first kappa shape index (κ1) is 25.0. The maximum absolute atomic E-state index is 12.3. The largest absolute Gasteiger partial charge is 0.351 e. The number of hydrogen-bond acceptors (Lipinski definition) is 3. The van der Waals surface area contributed by atoms with Crippen molar-refractivity contribution in [3.05, 3.63) is 107 Å². The third-order valence-corrected chi connectivity index (χ3v) is 7.09. The van der Waals surface area contributed by atoms with E-state index in [2.05, 4.69) is 37.2 Å². The highest BCUT2D eigenvalue weighted by Crippen LogP contribution is 2.43. The van der Waals surface area contributed by atoms with Crippen LogP contribution in [0.25, 0.3) is 5.69 Å². The summed E-state index contributed by atoms with van der Waals surface area (Å²) in [7, 11) is 0. The highest BCUT2D eigenvalue weighted by atomic mass is 35.5. The lowest BCUT2D eigenvalue weighted by Crippen LogP contribution is -2.30. The van der Waals surface area contributed by atoms with Crippen LogP contribution in [0.4, 0.5) is 11.4 Å². The lowest BCUT2D eigenvalue weighted by atomic mass is 10.00. The Bertz CT molecular complexity index is 1450. The summed E-state index contributed by atoms with van der Waals surface area (Å²) in [4.78, 5) is 19.1. The van der Waals surface area contributed by atoms with Crippen LogP contribution in [-0.4, -0.2) is 20.6 Å². The number of halogens is 1. The minimum atomic E-state index is -0.188. The number of hydrogen-bond donors (Lipinski definition) is 2. The van der Waals surface area contributed by atoms with Crippen molar-refractivity contribution in [2.75, 3.05) is 10.2 Å². The summed E-state index contributed by atoms with van der Waals surface area (Å²) in [5.41, 5.74) is 5.59. The summed E-state index contributed by atoms with van der Waals surface area (Å²) in [5.74, 6) is -0.112. The molecule has 0 radical (unpaired) electrons. The minimum Gasteiger partial charge on any atom is -0.351 e. The Kier molecular flexibility index (Phi) is 7.00. The zero-order valence-corrected chi connectivity index (χ0v) is 22.4. The van der Waals surface area contributed by atoms with Crippen LogP contribution in [0.15, 0.2) is 85.2 Å². The van der Waals surface area contributed by atoms with Crippen LogP contribution in [0.2, 0.25) is 5.02 Å². The Labute approximate surface area is 227 Å². The number of anilines is 2. The van der Waals surface area contributed by atoms with E-state index >= 15 is 0 Å². The Morgan fingerprint density at radius 3 is 2.59 bits per heavy atom. The number of pyridine rings is 1. The third kappa shape index (κ3) is 4.97. The number of nitrogens with zero attached hydrogens (tertiary/aromatic N) is 3. The second kappa shape index (κ2) is 10.4. The molecule has 0 spiro atoms. The number of carbonyl (C=O) groups is 1. The highest BCUT2D eigenvalue weighted by Gasteiger charge is 2.42. The summed E-state index contributed by atoms with van der Waals surface area (Å²) in [5, 5.41) is 7.81. The van der Waals surface area contributed by atoms with Gasteiger partial charge in [-0.05, 0) is 85.4 Å². The molecule has 5 rings (SSSR count). The van der Waals surface area contributed by atoms with Crippen LogP contribution in [0.5, 0.6) is 0 Å². The Hall–Kier alpha value is -3.68. The van der Waals surface area contributed by atoms with E-state index in [4.69, 9.17) is 23.8 Å². The van der Waals surface area contributed by atoms with Gasteiger partial charge in [0.15, 0.2) is 5.11 Å². The number of aromatic nitrogens is 2. The second-order valence-electron chi connectivity index (χ2n) is 9.42. The summed E-state index contributed by atoms with van der Waals surface area (Å²) < 4.78 is 2.14. The molecule has 6 nitrogen and oxygen atoms in total. The van der Waals surface area contributed by atoms with Gasteiger partial charge in [-0.3, -0.25) is 9.78 Å². The van der Waals surface area contributed by atoms with Gasteiger partial charge in [-0.1, -0.05) is 37.6 Å². The molecule has 188 valence electrons. The summed E-state index contributed by atoms with van der Waals surface area (Å²) in [6.45, 7) is 5.75. The van der Waals surface area contributed by atoms with Crippen molar-refractivity contribution < 1.29 is 4.79 Å². The average molecular weight is 530 g/mol. The fourth-order valence-electron chi connectivity index (χ4n) is 4.64. The molecule has 2 atom stereocenters. The molecule has 0 unspecified atom stereocenters. The van der Waals surface area contributed by atoms with Crippen molar-refractivity contribution in [1.29, 1.82) is 0 Å². The van der Waals surface area contributed by atoms with Crippen LogP contribution in [0.1, 0.15) is 42.9 Å². The van der Waals surface area contributed by atoms with Gasteiger partial charge < -0.3 is 20.1 Å². The van der Waals surface area contributed by atoms with E-state index in [0.29, 0.717) is 10.1 Å². The molecule has 1 fully saturated rings. The van der Waals surface area contributed by atoms with Crippen LogP contribution in [0.3, 0.4) is 0 Å². The van der Waals surface area contributed by atoms with E-state index in [1.54, 1.807) is 6.20 Å². The van der Waals surface area contributed by atoms with Crippen molar-refractivity contribution in [3.63, 3.8) is 0 Å². The fourth-order valence-corrected chi connectivity index (χ4v) is 5.18. The van der Waals surface area contributed by atoms with E-state index in [1.807, 2.05) is 87.6 Å². The van der Waals surface area contributed by atoms with Gasteiger partial charge in [-0.25, -0.2) is 0 Å². The van der Waals surface area contributed by atoms with Gasteiger partial charge in [-0.15, -0.1) is 0 Å². The molecule has 1 saturated heterocycles. The van der Waals surface area contributed by atoms with Crippen molar-refractivity contribution in [2.24, 2.45) is 5.92 Å². The Morgan fingerprint density at radius 1 is 1.05 bits per heavy atom. The molecule has 2 aromatic carbocycles. The van der Waals surface area contributed by atoms with E-state index in [0.717, 1.165) is 34.0 Å². The van der Waals surface area contributed by atoms with Crippen LogP contribution >= 0.6 is 23.8 Å². The van der Waals surface area contributed by atoms with Crippen molar-refractivity contribution in [3.8, 4) is 5.69 Å². The smallest absolute Gasteiger partial charge is 0.226 e. The normalized spacial score (nSPS) is 17.2. The van der Waals surface area contributed by atoms with E-state index < -0.39 is 0 Å². The van der Waals surface area contributed by atoms with Crippen molar-refractivity contribution in [2.45, 2.75) is 32.9 Å². The molecule has 1 amide bonds. The highest BCUT2D eigenvalue weighted by molar-refractivity contribution is 7.80. The van der Waals surface area contributed by atoms with Gasteiger partial charge in [0.1, 0.15) is 6.04 Å². The second-order valence-corrected chi connectivity index (χ2v) is 10.2. The molecule has 37 heavy (non-hydrogen) atoms. The molecular weight excluding hydrogens is 502 g/mol. The number of amides is 1. The lowest BCUT2D eigenvalue weighted by Gasteiger charge is -2.29. The van der Waals surface area contributed by atoms with E-state index in [1.165, 1.54) is 0 Å². The van der Waals surface area contributed by atoms with Gasteiger partial charge >= 0.3 is 0 Å². The number of thiocarbonyl (C=S) groups is 1. The summed E-state index contributed by atoms with van der Waals surface area (Å²) >= 11 is 12.2. The Balaban J connectivity index is 1.60. The van der Waals surface area contributed by atoms with Gasteiger partial charge in [0.05, 0.1) is 11.7 Å². The molecule has 4 aromatic rings. The molecule has 2 N–H and O–H groups in total. The van der Waals surface area contributed by atoms with Crippen LogP contribution in [0, 0.1) is 12.8 Å². The zero-order chi connectivity index (χ0) is 26.1. The first-order valence-corrected chi connectivity index (χ1v) is 13.0. The maximum atomic E-state index is 12.3. The third-order valence-electron chi connectivity index (χ3n) is 6.54. The molecule has 1 aliphatic rings. The predicted octanol–water partition coefficient (Wildman–Crippen LogP) is 6.61. The Morgan fingerprint density at radius 2 is 1.89 bits per heavy atom. The van der Waals surface area contributed by atoms with Gasteiger partial charge in [-0.2, -0.15) is 0 Å². The number of nitrogens with one attached hydrogen (secondary N) is 2. The van der Waals surface area contributed by atoms with Gasteiger partial charge in [0.25, 0.3) is 0 Å². The molecule has 0 bridgehead atoms. The molecule has 0 saturated carbocycles. The zero-order valence-electron chi connectivity index (χ0n) is 20.9. The standard InChI is InChI=1S/C29H28ClN5OS/c1-18(2)28(36)32-23-13-12-22(16-19(23)3)35-27(26(33-29(35)37)24-10-4-5-14-31-24)25-11-7-15-34(25)21-9-6-8-20(30)17-21/h4-18,26-27H,1-3H3,(H,32,36)(H,33,37)/t26-,27+/m0/s1. The van der Waals surface area contributed by atoms with Gasteiger partial charge in [0, 0.05) is 46.1 Å². The molecule has 8 heteroatoms. The molecular formula is C29H28ClN5OS. The quantitative estimate of drug-likeness (QED) is 0.275. The lowest BCUT2D eigenvalue weighted by molar-refractivity contribution is -0.118. The molecule has 2 aromatic heterocycles. The average Bonchev–Trinajstić information content (AvgIpc) is 3.50. The van der Waals surface area contributed by atoms with Crippen molar-refractivity contribution >= 4 is 46.2 Å². The maximum Gasteiger partial charge on any atom is 0.226 e. The van der Waals surface area contributed by atoms with Crippen LogP contribution in [-0.2, 0) is 4.79 Å². The molecule has 1 aliphatic heterocycles. The number of rotatable bonds is 6. The molecule has 3 heterocycles. The van der Waals surface area contributed by atoms with Gasteiger partial charge in [0.2, 0.25) is 5.91 Å². The fraction of sp³-hybridized carbons (Fsp3) is 0.207. The number of aryl methyl sites for hydroxylation is 1. The van der Waals surface area contributed by atoms with E-state index in [-0.39, 0.29) is 23.9 Å². The first-order valence-electron chi connectivity index (χ1n) is 12.2. The first-order chi connectivity index (χ1) is 17.8. The monoisotopic (exact) mass is 529 g/mol. The van der Waals surface area contributed by atoms with E-state index in [9.17, 15) is 4.79 Å². The predicted molar refractivity (Wildman–Crippen MR) is 153 cm³/mol. The number of benzene rings is 2. The van der Waals surface area contributed by atoms with Crippen molar-refractivity contribution in [1.82, 2.24) is 14.9 Å².